The first-order chi connectivity index (χ1) is 48.2. The first-order valence-electron chi connectivity index (χ1n) is 33.3. The standard InChI is InChI=1S/C28H27N5O3.C25H29N5O2.C24H27N5O3/c1-16-6-2-3-7-19(16)28(36)31-15-17-10-12-18(13-11-17)25-24(27(30)35)26(29)33(32-25)22-14-23(34)21-9-5-4-8-20(21)22;1-15-7-3-6-10-20(15)25(32)28-14-18-12-11-17(13-16(18)2)22-21(24(27)31)23(26)30(29-22)19-8-4-5-9-19;1-15-4-2-3-5-19(15)24(31)27-14-16-6-8-17(9-7-16)21-20(23(26)30)22(25)29(28-21)18-10-12-32-13-11-18/h2-13,22-23,34H,14-15,29H2,1H3,(H2,30,35)(H,31,36);3,6-7,10-13,19H,4-5,8-9,14,26H2,1-2H3,(H2,27,31)(H,28,32);2-9,18H,10-14,25H2,1H3,(H2,26,30)(H,27,31). The highest BCUT2D eigenvalue weighted by Gasteiger charge is 2.35. The van der Waals surface area contributed by atoms with E-state index in [0.29, 0.717) is 84.4 Å². The van der Waals surface area contributed by atoms with E-state index in [1.165, 1.54) is 0 Å². The second-order valence-electron chi connectivity index (χ2n) is 25.5. The monoisotopic (exact) mass is 1350 g/mol. The van der Waals surface area contributed by atoms with Crippen molar-refractivity contribution in [2.75, 3.05) is 30.4 Å². The Balaban J connectivity index is 0.000000152. The summed E-state index contributed by atoms with van der Waals surface area (Å²) in [6.07, 6.45) is 5.60. The zero-order valence-electron chi connectivity index (χ0n) is 56.3. The van der Waals surface area contributed by atoms with Gasteiger partial charge in [0, 0.05) is 72.6 Å². The fraction of sp³-hybridized carbons (Fsp3) is 0.260. The molecule has 0 radical (unpaired) electrons. The van der Waals surface area contributed by atoms with Gasteiger partial charge < -0.3 is 60.2 Å². The summed E-state index contributed by atoms with van der Waals surface area (Å²) in [6, 6.07) is 50.6. The highest BCUT2D eigenvalue weighted by molar-refractivity contribution is 6.05. The van der Waals surface area contributed by atoms with E-state index in [9.17, 15) is 33.9 Å². The lowest BCUT2D eigenvalue weighted by molar-refractivity contribution is 0.0669. The summed E-state index contributed by atoms with van der Waals surface area (Å²) in [5.74, 6) is -1.42. The second kappa shape index (κ2) is 30.8. The van der Waals surface area contributed by atoms with Crippen LogP contribution in [0.15, 0.2) is 164 Å². The van der Waals surface area contributed by atoms with Gasteiger partial charge in [-0.25, -0.2) is 14.0 Å². The normalized spacial score (nSPS) is 15.0. The Labute approximate surface area is 579 Å². The van der Waals surface area contributed by atoms with Crippen LogP contribution in [0.3, 0.4) is 0 Å². The summed E-state index contributed by atoms with van der Waals surface area (Å²) in [5, 5.41) is 33.4. The van der Waals surface area contributed by atoms with E-state index in [2.05, 4.69) is 26.1 Å². The first kappa shape index (κ1) is 69.7. The number of amides is 6. The van der Waals surface area contributed by atoms with Crippen molar-refractivity contribution in [3.63, 3.8) is 0 Å². The van der Waals surface area contributed by atoms with Gasteiger partial charge in [0.15, 0.2) is 0 Å². The fourth-order valence-electron chi connectivity index (χ4n) is 13.3. The van der Waals surface area contributed by atoms with Gasteiger partial charge in [0.25, 0.3) is 35.4 Å². The van der Waals surface area contributed by atoms with Crippen LogP contribution in [0.25, 0.3) is 33.8 Å². The summed E-state index contributed by atoms with van der Waals surface area (Å²) in [7, 11) is 0. The molecule has 10 aromatic rings. The molecule has 3 aliphatic rings. The van der Waals surface area contributed by atoms with Gasteiger partial charge in [-0.15, -0.1) is 0 Å². The van der Waals surface area contributed by atoms with Crippen LogP contribution in [0.4, 0.5) is 17.5 Å². The Bertz CT molecular complexity index is 4700. The number of nitrogen functional groups attached to an aromatic ring is 3. The molecule has 16 N–H and O–H groups in total. The molecule has 7 aromatic carbocycles. The molecule has 2 fully saturated rings. The van der Waals surface area contributed by atoms with Crippen LogP contribution in [-0.4, -0.2) is 83.1 Å². The molecule has 514 valence electrons. The highest BCUT2D eigenvalue weighted by Crippen LogP contribution is 2.44. The molecule has 0 spiro atoms. The number of nitrogens with zero attached hydrogens (tertiary/aromatic N) is 6. The van der Waals surface area contributed by atoms with Crippen molar-refractivity contribution in [1.29, 1.82) is 0 Å². The van der Waals surface area contributed by atoms with Gasteiger partial charge in [-0.1, -0.05) is 152 Å². The Kier molecular flexibility index (Phi) is 21.5. The average Bonchev–Trinajstić information content (AvgIpc) is 1.61. The molecule has 2 aliphatic carbocycles. The Morgan fingerprint density at radius 2 is 0.820 bits per heavy atom. The number of hydrogen-bond acceptors (Lipinski definition) is 14. The molecular formula is C77H83N15O8. The first-order valence-corrected chi connectivity index (χ1v) is 33.3. The molecule has 23 nitrogen and oxygen atoms in total. The molecule has 2 unspecified atom stereocenters. The summed E-state index contributed by atoms with van der Waals surface area (Å²) in [5.41, 5.74) is 50.4. The van der Waals surface area contributed by atoms with Crippen molar-refractivity contribution in [2.45, 2.75) is 117 Å². The molecule has 1 saturated heterocycles. The number of aliphatic hydroxyl groups excluding tert-OH is 1. The molecule has 0 bridgehead atoms. The topological polar surface area (TPSA) is 378 Å². The lowest BCUT2D eigenvalue weighted by Crippen LogP contribution is -2.24. The zero-order valence-corrected chi connectivity index (χ0v) is 56.3. The van der Waals surface area contributed by atoms with Crippen molar-refractivity contribution >= 4 is 52.9 Å². The van der Waals surface area contributed by atoms with Gasteiger partial charge in [-0.05, 0) is 128 Å². The van der Waals surface area contributed by atoms with Crippen LogP contribution in [0, 0.1) is 27.7 Å². The van der Waals surface area contributed by atoms with Crippen LogP contribution in [0.5, 0.6) is 0 Å². The third kappa shape index (κ3) is 15.2. The molecular weight excluding hydrogens is 1260 g/mol. The Morgan fingerprint density at radius 1 is 0.450 bits per heavy atom. The Morgan fingerprint density at radius 3 is 1.25 bits per heavy atom. The largest absolute Gasteiger partial charge is 0.388 e. The van der Waals surface area contributed by atoms with E-state index >= 15 is 0 Å². The van der Waals surface area contributed by atoms with Crippen molar-refractivity contribution in [3.05, 3.63) is 247 Å². The lowest BCUT2D eigenvalue weighted by Gasteiger charge is -2.23. The number of fused-ring (bicyclic) bond motifs is 1. The molecule has 100 heavy (non-hydrogen) atoms. The van der Waals surface area contributed by atoms with Crippen LogP contribution in [-0.2, 0) is 24.4 Å². The summed E-state index contributed by atoms with van der Waals surface area (Å²) >= 11 is 0. The minimum Gasteiger partial charge on any atom is -0.388 e. The number of anilines is 3. The number of primary amides is 3. The summed E-state index contributed by atoms with van der Waals surface area (Å²) < 4.78 is 10.5. The van der Waals surface area contributed by atoms with E-state index in [1.54, 1.807) is 26.2 Å². The number of aliphatic hydroxyl groups is 1. The SMILES string of the molecule is Cc1cc(-c2nn(C3CCCC3)c(N)c2C(N)=O)ccc1CNC(=O)c1ccccc1C.Cc1ccccc1C(=O)NCc1ccc(-c2nn(C3CC(O)c4ccccc43)c(N)c2C(N)=O)cc1.Cc1ccccc1C(=O)NCc1ccc(-c2nn(C3CCOCC3)c(N)c2C(N)=O)cc1. The lowest BCUT2D eigenvalue weighted by atomic mass is 10.0. The second-order valence-corrected chi connectivity index (χ2v) is 25.5. The number of ether oxygens (including phenoxy) is 1. The summed E-state index contributed by atoms with van der Waals surface area (Å²) in [4.78, 5) is 74.2. The Hall–Kier alpha value is -11.7. The van der Waals surface area contributed by atoms with E-state index in [0.717, 1.165) is 99.7 Å². The number of aryl methyl sites for hydroxylation is 4. The minimum absolute atomic E-state index is 0.0755. The maximum absolute atomic E-state index is 12.5. The molecule has 13 rings (SSSR count). The number of carbonyl (C=O) groups is 6. The maximum atomic E-state index is 12.5. The predicted molar refractivity (Wildman–Crippen MR) is 384 cm³/mol. The predicted octanol–water partition coefficient (Wildman–Crippen LogP) is 10.2. The molecule has 1 saturated carbocycles. The van der Waals surface area contributed by atoms with Crippen molar-refractivity contribution in [3.8, 4) is 33.8 Å². The van der Waals surface area contributed by atoms with Gasteiger partial charge in [0.2, 0.25) is 0 Å². The number of benzene rings is 7. The number of carbonyl (C=O) groups excluding carboxylic acids is 6. The number of nitrogens with one attached hydrogen (secondary N) is 3. The molecule has 4 heterocycles. The third-order valence-electron chi connectivity index (χ3n) is 18.8. The molecule has 6 amide bonds. The van der Waals surface area contributed by atoms with Crippen molar-refractivity contribution in [2.24, 2.45) is 17.2 Å². The van der Waals surface area contributed by atoms with Crippen molar-refractivity contribution < 1.29 is 38.6 Å². The van der Waals surface area contributed by atoms with Crippen molar-refractivity contribution in [1.82, 2.24) is 45.3 Å². The van der Waals surface area contributed by atoms with E-state index in [-0.39, 0.29) is 64.2 Å². The van der Waals surface area contributed by atoms with Crippen LogP contribution in [0.2, 0.25) is 0 Å². The third-order valence-corrected chi connectivity index (χ3v) is 18.8. The zero-order chi connectivity index (χ0) is 70.9. The van der Waals surface area contributed by atoms with Gasteiger partial charge in [-0.3, -0.25) is 28.8 Å². The molecule has 1 aliphatic heterocycles. The van der Waals surface area contributed by atoms with Gasteiger partial charge in [0.1, 0.15) is 51.2 Å². The van der Waals surface area contributed by atoms with E-state index in [4.69, 9.17) is 44.2 Å². The number of aromatic nitrogens is 6. The smallest absolute Gasteiger partial charge is 0.254 e. The molecule has 3 aromatic heterocycles. The average molecular weight is 1350 g/mol. The van der Waals surface area contributed by atoms with Crippen LogP contribution < -0.4 is 50.4 Å². The number of hydrogen-bond donors (Lipinski definition) is 10. The fourth-order valence-corrected chi connectivity index (χ4v) is 13.3. The number of rotatable bonds is 18. The molecule has 2 atom stereocenters. The minimum atomic E-state index is -0.671. The van der Waals surface area contributed by atoms with Crippen LogP contribution >= 0.6 is 0 Å². The molecule has 23 heteroatoms. The highest BCUT2D eigenvalue weighted by atomic mass is 16.5. The quantitative estimate of drug-likeness (QED) is 0.0382. The van der Waals surface area contributed by atoms with E-state index in [1.807, 2.05) is 179 Å². The van der Waals surface area contributed by atoms with Crippen LogP contribution in [0.1, 0.15) is 181 Å². The van der Waals surface area contributed by atoms with E-state index < -0.39 is 23.8 Å². The van der Waals surface area contributed by atoms with Gasteiger partial charge in [0.05, 0.1) is 24.2 Å². The summed E-state index contributed by atoms with van der Waals surface area (Å²) in [6.45, 7) is 10.1. The number of nitrogens with two attached hydrogens (primary N) is 6. The van der Waals surface area contributed by atoms with Gasteiger partial charge in [-0.2, -0.15) is 15.3 Å². The maximum Gasteiger partial charge on any atom is 0.254 e. The van der Waals surface area contributed by atoms with Gasteiger partial charge >= 0.3 is 0 Å².